The van der Waals surface area contributed by atoms with Crippen molar-refractivity contribution in [3.8, 4) is 16.9 Å². The van der Waals surface area contributed by atoms with Gasteiger partial charge in [-0.05, 0) is 53.1 Å². The number of methoxy groups -OCH3 is 2. The van der Waals surface area contributed by atoms with E-state index in [9.17, 15) is 53.1 Å². The van der Waals surface area contributed by atoms with E-state index >= 15 is 0 Å². The maximum Gasteiger partial charge on any atom is 0.416 e. The first-order valence-corrected chi connectivity index (χ1v) is 11.2. The summed E-state index contributed by atoms with van der Waals surface area (Å²) < 4.78 is 158. The van der Waals surface area contributed by atoms with Crippen molar-refractivity contribution in [1.29, 1.82) is 0 Å². The third-order valence-electron chi connectivity index (χ3n) is 5.78. The van der Waals surface area contributed by atoms with Gasteiger partial charge in [0.15, 0.2) is 11.6 Å². The zero-order chi connectivity index (χ0) is 30.9. The van der Waals surface area contributed by atoms with E-state index in [1.54, 1.807) is 0 Å². The maximum atomic E-state index is 14.1. The number of ether oxygens (including phenoxy) is 2. The highest BCUT2D eigenvalue weighted by Crippen LogP contribution is 2.39. The molecular weight excluding hydrogens is 583 g/mol. The highest BCUT2D eigenvalue weighted by atomic mass is 19.4. The van der Waals surface area contributed by atoms with Crippen LogP contribution >= 0.6 is 0 Å². The number of hydrogen-bond donors (Lipinski definition) is 0. The van der Waals surface area contributed by atoms with Gasteiger partial charge < -0.3 is 9.47 Å². The van der Waals surface area contributed by atoms with E-state index in [4.69, 9.17) is 4.74 Å². The molecule has 0 aliphatic carbocycles. The molecule has 0 unspecified atom stereocenters. The Balaban J connectivity index is 2.19. The van der Waals surface area contributed by atoms with Crippen molar-refractivity contribution < 1.29 is 62.6 Å². The molecule has 0 aliphatic heterocycles. The summed E-state index contributed by atoms with van der Waals surface area (Å²) in [5, 5.41) is 0. The van der Waals surface area contributed by atoms with E-state index in [1.807, 2.05) is 0 Å². The van der Waals surface area contributed by atoms with Crippen LogP contribution in [-0.4, -0.2) is 25.2 Å². The summed E-state index contributed by atoms with van der Waals surface area (Å²) in [6, 6.07) is 3.80. The maximum absolute atomic E-state index is 14.1. The summed E-state index contributed by atoms with van der Waals surface area (Å²) in [6.45, 7) is -1.84. The van der Waals surface area contributed by atoms with Gasteiger partial charge >= 0.3 is 24.6 Å². The molecule has 3 aromatic carbocycles. The van der Waals surface area contributed by atoms with E-state index < -0.39 is 77.2 Å². The Morgan fingerprint density at radius 3 is 1.71 bits per heavy atom. The molecule has 41 heavy (non-hydrogen) atoms. The summed E-state index contributed by atoms with van der Waals surface area (Å²) >= 11 is 0. The molecule has 1 amide bonds. The second kappa shape index (κ2) is 11.4. The lowest BCUT2D eigenvalue weighted by molar-refractivity contribution is -0.143. The van der Waals surface area contributed by atoms with Gasteiger partial charge in [0.2, 0.25) is 0 Å². The van der Waals surface area contributed by atoms with Crippen LogP contribution in [-0.2, 0) is 36.4 Å². The van der Waals surface area contributed by atoms with Crippen LogP contribution in [0.5, 0.6) is 5.75 Å². The van der Waals surface area contributed by atoms with Crippen molar-refractivity contribution in [3.05, 3.63) is 88.0 Å². The van der Waals surface area contributed by atoms with Crippen LogP contribution in [0, 0.1) is 11.6 Å². The molecule has 0 saturated carbocycles. The van der Waals surface area contributed by atoms with E-state index in [-0.39, 0.29) is 22.9 Å². The first-order valence-electron chi connectivity index (χ1n) is 11.2. The SMILES string of the molecule is COC(=O)N(Cc1cc(C(F)(F)F)cc(C(F)(F)F)c1)Cc1cc(C(F)(F)F)ccc1-c1cc(F)c(F)cc1OC. The Kier molecular flexibility index (Phi) is 8.79. The van der Waals surface area contributed by atoms with Crippen molar-refractivity contribution in [2.75, 3.05) is 14.2 Å². The molecule has 222 valence electrons. The number of carbonyl (C=O) groups excluding carboxylic acids is 1. The van der Waals surface area contributed by atoms with E-state index in [0.29, 0.717) is 41.3 Å². The summed E-state index contributed by atoms with van der Waals surface area (Å²) in [6.07, 6.45) is -16.7. The second-order valence-corrected chi connectivity index (χ2v) is 8.58. The average molecular weight is 601 g/mol. The summed E-state index contributed by atoms with van der Waals surface area (Å²) in [5.74, 6) is -3.07. The van der Waals surface area contributed by atoms with Gasteiger partial charge in [-0.3, -0.25) is 4.90 Å². The first kappa shape index (κ1) is 31.5. The number of halogens is 11. The fraction of sp³-hybridized carbons (Fsp3) is 0.269. The van der Waals surface area contributed by atoms with Crippen LogP contribution in [0.3, 0.4) is 0 Å². The lowest BCUT2D eigenvalue weighted by Crippen LogP contribution is -2.30. The van der Waals surface area contributed by atoms with Gasteiger partial charge in [-0.25, -0.2) is 13.6 Å². The Labute approximate surface area is 224 Å². The van der Waals surface area contributed by atoms with Gasteiger partial charge in [0, 0.05) is 24.7 Å². The summed E-state index contributed by atoms with van der Waals surface area (Å²) in [4.78, 5) is 13.1. The molecule has 0 N–H and O–H groups in total. The minimum absolute atomic E-state index is 0.133. The molecule has 0 aliphatic rings. The smallest absolute Gasteiger partial charge is 0.416 e. The molecule has 4 nitrogen and oxygen atoms in total. The largest absolute Gasteiger partial charge is 0.496 e. The first-order chi connectivity index (χ1) is 18.8. The molecular formula is C26H18F11NO3. The summed E-state index contributed by atoms with van der Waals surface area (Å²) in [7, 11) is 1.89. The Morgan fingerprint density at radius 1 is 0.683 bits per heavy atom. The van der Waals surface area contributed by atoms with Crippen LogP contribution in [0.4, 0.5) is 53.1 Å². The zero-order valence-corrected chi connectivity index (χ0v) is 20.9. The fourth-order valence-electron chi connectivity index (χ4n) is 3.92. The molecule has 0 fully saturated rings. The molecule has 0 radical (unpaired) electrons. The van der Waals surface area contributed by atoms with E-state index in [2.05, 4.69) is 4.74 Å². The number of carbonyl (C=O) groups is 1. The molecule has 0 saturated heterocycles. The number of benzene rings is 3. The molecule has 0 spiro atoms. The Hall–Kier alpha value is -4.04. The van der Waals surface area contributed by atoms with E-state index in [0.717, 1.165) is 20.3 Å². The van der Waals surface area contributed by atoms with Crippen LogP contribution in [0.25, 0.3) is 11.1 Å². The molecule has 3 aromatic rings. The van der Waals surface area contributed by atoms with Crippen molar-refractivity contribution >= 4 is 6.09 Å². The summed E-state index contributed by atoms with van der Waals surface area (Å²) in [5.41, 5.74) is -6.13. The second-order valence-electron chi connectivity index (χ2n) is 8.58. The minimum atomic E-state index is -5.20. The number of hydrogen-bond acceptors (Lipinski definition) is 3. The predicted molar refractivity (Wildman–Crippen MR) is 121 cm³/mol. The normalized spacial score (nSPS) is 12.3. The molecule has 0 atom stereocenters. The van der Waals surface area contributed by atoms with Crippen LogP contribution < -0.4 is 4.74 Å². The standard InChI is InChI=1S/C26H18F11NO3/c1-40-22-10-21(28)20(27)9-19(22)18-4-3-15(24(29,30)31)7-14(18)12-38(23(39)41-2)11-13-5-16(25(32,33)34)8-17(6-13)26(35,36)37/h3-10H,11-12H2,1-2H3. The lowest BCUT2D eigenvalue weighted by Gasteiger charge is -2.25. The molecule has 3 rings (SSSR count). The lowest BCUT2D eigenvalue weighted by atomic mass is 9.95. The van der Waals surface area contributed by atoms with Crippen LogP contribution in [0.15, 0.2) is 48.5 Å². The minimum Gasteiger partial charge on any atom is -0.496 e. The van der Waals surface area contributed by atoms with Crippen molar-refractivity contribution in [2.24, 2.45) is 0 Å². The van der Waals surface area contributed by atoms with Gasteiger partial charge in [0.05, 0.1) is 30.9 Å². The number of alkyl halides is 9. The number of amides is 1. The number of rotatable bonds is 6. The van der Waals surface area contributed by atoms with Crippen molar-refractivity contribution in [3.63, 3.8) is 0 Å². The Bertz CT molecular complexity index is 1400. The molecule has 15 heteroatoms. The van der Waals surface area contributed by atoms with Gasteiger partial charge in [0.1, 0.15) is 5.75 Å². The van der Waals surface area contributed by atoms with Crippen molar-refractivity contribution in [2.45, 2.75) is 31.6 Å². The van der Waals surface area contributed by atoms with Gasteiger partial charge in [-0.15, -0.1) is 0 Å². The van der Waals surface area contributed by atoms with Gasteiger partial charge in [-0.2, -0.15) is 39.5 Å². The monoisotopic (exact) mass is 601 g/mol. The zero-order valence-electron chi connectivity index (χ0n) is 20.9. The molecule has 0 heterocycles. The van der Waals surface area contributed by atoms with Crippen molar-refractivity contribution in [1.82, 2.24) is 4.90 Å². The molecule has 0 bridgehead atoms. The Morgan fingerprint density at radius 2 is 1.22 bits per heavy atom. The van der Waals surface area contributed by atoms with Gasteiger partial charge in [0.25, 0.3) is 0 Å². The van der Waals surface area contributed by atoms with E-state index in [1.165, 1.54) is 0 Å². The van der Waals surface area contributed by atoms with Crippen LogP contribution in [0.2, 0.25) is 0 Å². The highest BCUT2D eigenvalue weighted by molar-refractivity contribution is 5.75. The van der Waals surface area contributed by atoms with Gasteiger partial charge in [-0.1, -0.05) is 6.07 Å². The third kappa shape index (κ3) is 7.38. The predicted octanol–water partition coefficient (Wildman–Crippen LogP) is 8.47. The quantitative estimate of drug-likeness (QED) is 0.266. The topological polar surface area (TPSA) is 38.8 Å². The highest BCUT2D eigenvalue weighted by Gasteiger charge is 2.37. The number of nitrogens with zero attached hydrogens (tertiary/aromatic N) is 1. The average Bonchev–Trinajstić information content (AvgIpc) is 2.87. The molecule has 0 aromatic heterocycles. The van der Waals surface area contributed by atoms with Crippen LogP contribution in [0.1, 0.15) is 27.8 Å². The fourth-order valence-corrected chi connectivity index (χ4v) is 3.92. The third-order valence-corrected chi connectivity index (χ3v) is 5.78.